The smallest absolute Gasteiger partial charge is 0.0402 e. The third kappa shape index (κ3) is 982. The van der Waals surface area contributed by atoms with Crippen LogP contribution in [0.25, 0.3) is 0 Å². The van der Waals surface area contributed by atoms with Gasteiger partial charge in [-0.25, -0.2) is 0 Å². The van der Waals surface area contributed by atoms with Crippen molar-refractivity contribution in [2.24, 2.45) is 0 Å². The maximum absolute atomic E-state index is 7.57. The molecule has 0 aliphatic rings. The molecule has 0 aliphatic carbocycles. The van der Waals surface area contributed by atoms with Crippen molar-refractivity contribution < 1.29 is 37.0 Å². The molecule has 0 radical (unpaired) electrons. The maximum atomic E-state index is 7.57. The number of aliphatic hydroxyl groups is 3. The Morgan fingerprint density at radius 2 is 0.727 bits per heavy atom. The van der Waals surface area contributed by atoms with Gasteiger partial charge in [-0.15, -0.1) is 0 Å². The van der Waals surface area contributed by atoms with Crippen LogP contribution in [0.1, 0.15) is 20.8 Å². The molecular weight excluding hydrogens is 200 g/mol. The van der Waals surface area contributed by atoms with Crippen molar-refractivity contribution in [2.75, 3.05) is 19.8 Å². The largest absolute Gasteiger partial charge is 0.813 e. The fourth-order valence-corrected chi connectivity index (χ4v) is 0. The zero-order valence-corrected chi connectivity index (χ0v) is 9.87. The maximum Gasteiger partial charge on any atom is 0.0402 e. The zero-order valence-electron chi connectivity index (χ0n) is 7.41. The average Bonchev–Trinajstić information content (AvgIpc) is 1.70. The van der Waals surface area contributed by atoms with Gasteiger partial charge in [0.1, 0.15) is 0 Å². The Kier molecular flexibility index (Phi) is 188. The Balaban J connectivity index is -0.0000000150. The van der Waals surface area contributed by atoms with E-state index in [1.807, 2.05) is 0 Å². The van der Waals surface area contributed by atoms with E-state index in [2.05, 4.69) is 0 Å². The van der Waals surface area contributed by atoms with Crippen LogP contribution in [0.2, 0.25) is 0 Å². The third-order valence-electron chi connectivity index (χ3n) is 0. The van der Waals surface area contributed by atoms with Crippen molar-refractivity contribution in [3.8, 4) is 0 Å². The van der Waals surface area contributed by atoms with Gasteiger partial charge in [-0.2, -0.15) is 0 Å². The van der Waals surface area contributed by atoms with Crippen molar-refractivity contribution >= 4 is 13.5 Å². The second kappa shape index (κ2) is 69.6. The molecular formula is C6H19O3STi-. The minimum absolute atomic E-state index is 0. The number of thiol groups is 1. The topological polar surface area (TPSA) is 60.7 Å². The Labute approximate surface area is 91.2 Å². The summed E-state index contributed by atoms with van der Waals surface area (Å²) >= 11 is 0. The fraction of sp³-hybridized carbons (Fsp3) is 1.00. The SMILES string of the molecule is CCO.CCO.CCO.[SH-].[Ti]. The molecule has 0 saturated heterocycles. The number of hydrogen-bond acceptors (Lipinski definition) is 4. The average molecular weight is 219 g/mol. The molecule has 0 rings (SSSR count). The molecule has 0 bridgehead atoms. The first-order valence-electron chi connectivity index (χ1n) is 3.07. The molecule has 0 fully saturated rings. The van der Waals surface area contributed by atoms with Crippen LogP contribution in [0.5, 0.6) is 0 Å². The predicted octanol–water partition coefficient (Wildman–Crippen LogP) is -0.277. The molecule has 0 aromatic carbocycles. The molecule has 0 amide bonds. The van der Waals surface area contributed by atoms with Gasteiger partial charge in [0.15, 0.2) is 0 Å². The molecule has 5 heteroatoms. The number of hydrogen-bond donors (Lipinski definition) is 3. The van der Waals surface area contributed by atoms with Crippen LogP contribution in [0.4, 0.5) is 0 Å². The molecule has 0 aromatic rings. The van der Waals surface area contributed by atoms with E-state index >= 15 is 0 Å². The Morgan fingerprint density at radius 3 is 0.727 bits per heavy atom. The summed E-state index contributed by atoms with van der Waals surface area (Å²) in [5, 5.41) is 22.7. The van der Waals surface area contributed by atoms with Gasteiger partial charge in [0.05, 0.1) is 0 Å². The molecule has 0 saturated carbocycles. The normalized spacial score (nSPS) is 4.91. The summed E-state index contributed by atoms with van der Waals surface area (Å²) in [5.74, 6) is 0. The van der Waals surface area contributed by atoms with Crippen LogP contribution in [0.15, 0.2) is 0 Å². The van der Waals surface area contributed by atoms with Crippen LogP contribution in [0.3, 0.4) is 0 Å². The minimum atomic E-state index is 0. The van der Waals surface area contributed by atoms with Gasteiger partial charge in [0, 0.05) is 41.5 Å². The van der Waals surface area contributed by atoms with Crippen LogP contribution in [-0.4, -0.2) is 35.1 Å². The van der Waals surface area contributed by atoms with Gasteiger partial charge < -0.3 is 28.8 Å². The Morgan fingerprint density at radius 1 is 0.727 bits per heavy atom. The summed E-state index contributed by atoms with van der Waals surface area (Å²) < 4.78 is 0. The molecule has 3 N–H and O–H groups in total. The van der Waals surface area contributed by atoms with E-state index in [0.29, 0.717) is 0 Å². The fourth-order valence-electron chi connectivity index (χ4n) is 0. The molecule has 0 aliphatic heterocycles. The summed E-state index contributed by atoms with van der Waals surface area (Å²) in [6, 6.07) is 0. The second-order valence-electron chi connectivity index (χ2n) is 0.949. The first kappa shape index (κ1) is 29.7. The van der Waals surface area contributed by atoms with E-state index in [1.165, 1.54) is 0 Å². The molecule has 0 aromatic heterocycles. The standard InChI is InChI=1S/3C2H6O.H2S.Ti/c3*1-2-3;;/h3*3H,2H2,1H3;1H2;/p-1. The third-order valence-corrected chi connectivity index (χ3v) is 0. The zero-order chi connectivity index (χ0) is 8.12. The van der Waals surface area contributed by atoms with Crippen LogP contribution < -0.4 is 0 Å². The van der Waals surface area contributed by atoms with E-state index in [1.54, 1.807) is 20.8 Å². The first-order valence-corrected chi connectivity index (χ1v) is 3.07. The van der Waals surface area contributed by atoms with Crippen molar-refractivity contribution in [2.45, 2.75) is 20.8 Å². The van der Waals surface area contributed by atoms with Crippen LogP contribution in [0, 0.1) is 0 Å². The number of rotatable bonds is 0. The molecule has 0 unspecified atom stereocenters. The minimum Gasteiger partial charge on any atom is -0.813 e. The van der Waals surface area contributed by atoms with Crippen molar-refractivity contribution in [1.29, 1.82) is 0 Å². The van der Waals surface area contributed by atoms with E-state index in [0.717, 1.165) is 0 Å². The summed E-state index contributed by atoms with van der Waals surface area (Å²) in [6.45, 7) is 5.79. The van der Waals surface area contributed by atoms with E-state index in [9.17, 15) is 0 Å². The van der Waals surface area contributed by atoms with Gasteiger partial charge in [-0.3, -0.25) is 0 Å². The van der Waals surface area contributed by atoms with Gasteiger partial charge >= 0.3 is 0 Å². The van der Waals surface area contributed by atoms with Crippen LogP contribution in [-0.2, 0) is 35.2 Å². The molecule has 0 spiro atoms. The monoisotopic (exact) mass is 219 g/mol. The summed E-state index contributed by atoms with van der Waals surface area (Å²) in [6.07, 6.45) is 0. The molecule has 0 heterocycles. The van der Waals surface area contributed by atoms with E-state index in [4.69, 9.17) is 15.3 Å². The van der Waals surface area contributed by atoms with Gasteiger partial charge in [-0.05, 0) is 20.8 Å². The van der Waals surface area contributed by atoms with Gasteiger partial charge in [0.25, 0.3) is 0 Å². The molecule has 0 atom stereocenters. The van der Waals surface area contributed by atoms with Gasteiger partial charge in [-0.1, -0.05) is 0 Å². The summed E-state index contributed by atoms with van der Waals surface area (Å²) in [4.78, 5) is 0. The summed E-state index contributed by atoms with van der Waals surface area (Å²) in [5.41, 5.74) is 0. The van der Waals surface area contributed by atoms with Crippen molar-refractivity contribution in [1.82, 2.24) is 0 Å². The van der Waals surface area contributed by atoms with Gasteiger partial charge in [0.2, 0.25) is 0 Å². The first-order chi connectivity index (χ1) is 4.24. The predicted molar refractivity (Wildman–Crippen MR) is 47.0 cm³/mol. The van der Waals surface area contributed by atoms with Crippen molar-refractivity contribution in [3.63, 3.8) is 0 Å². The molecule has 72 valence electrons. The molecule has 11 heavy (non-hydrogen) atoms. The summed E-state index contributed by atoms with van der Waals surface area (Å²) in [7, 11) is 0. The van der Waals surface area contributed by atoms with E-state index < -0.39 is 0 Å². The Hall–Kier alpha value is 0.944. The number of aliphatic hydroxyl groups excluding tert-OH is 3. The molecule has 3 nitrogen and oxygen atoms in total. The second-order valence-corrected chi connectivity index (χ2v) is 0.949. The van der Waals surface area contributed by atoms with E-state index in [-0.39, 0.29) is 55.0 Å². The van der Waals surface area contributed by atoms with Crippen LogP contribution >= 0.6 is 0 Å². The Bertz CT molecular complexity index is 22.5. The van der Waals surface area contributed by atoms with Crippen molar-refractivity contribution in [3.05, 3.63) is 0 Å². The quantitative estimate of drug-likeness (QED) is 0.298.